The number of benzene rings is 2. The van der Waals surface area contributed by atoms with Crippen molar-refractivity contribution in [3.63, 3.8) is 0 Å². The van der Waals surface area contributed by atoms with E-state index in [-0.39, 0.29) is 25.3 Å². The zero-order valence-corrected chi connectivity index (χ0v) is 15.8. The van der Waals surface area contributed by atoms with Crippen LogP contribution in [0.1, 0.15) is 37.3 Å². The Labute approximate surface area is 163 Å². The number of hydrogen-bond donors (Lipinski definition) is 1. The van der Waals surface area contributed by atoms with Crippen LogP contribution in [0.15, 0.2) is 53.7 Å². The third kappa shape index (κ3) is 2.76. The molecule has 6 heteroatoms. The van der Waals surface area contributed by atoms with E-state index in [1.165, 1.54) is 0 Å². The van der Waals surface area contributed by atoms with Crippen LogP contribution < -0.4 is 19.5 Å². The normalized spacial score (nSPS) is 24.1. The quantitative estimate of drug-likeness (QED) is 0.822. The van der Waals surface area contributed by atoms with Crippen LogP contribution in [0, 0.1) is 0 Å². The molecule has 0 saturated carbocycles. The number of nitrogens with one attached hydrogen (secondary N) is 1. The van der Waals surface area contributed by atoms with Gasteiger partial charge in [-0.3, -0.25) is 0 Å². The first-order valence-corrected chi connectivity index (χ1v) is 9.35. The number of rotatable bonds is 3. The van der Waals surface area contributed by atoms with Crippen molar-refractivity contribution in [3.8, 4) is 17.2 Å². The molecule has 2 aromatic carbocycles. The number of hydrogen-bond acceptors (Lipinski definition) is 6. The van der Waals surface area contributed by atoms with Gasteiger partial charge >= 0.3 is 5.97 Å². The largest absolute Gasteiger partial charge is 0.468 e. The highest BCUT2D eigenvalue weighted by atomic mass is 16.7. The van der Waals surface area contributed by atoms with Crippen LogP contribution >= 0.6 is 0 Å². The molecular weight excluding hydrogens is 358 g/mol. The zero-order valence-electron chi connectivity index (χ0n) is 15.8. The zero-order chi connectivity index (χ0) is 19.3. The van der Waals surface area contributed by atoms with Crippen LogP contribution in [0.25, 0.3) is 0 Å². The van der Waals surface area contributed by atoms with Gasteiger partial charge in [0, 0.05) is 23.6 Å². The van der Waals surface area contributed by atoms with Gasteiger partial charge in [0.25, 0.3) is 0 Å². The van der Waals surface area contributed by atoms with Crippen LogP contribution in [0.4, 0.5) is 0 Å². The van der Waals surface area contributed by atoms with Crippen molar-refractivity contribution in [2.24, 2.45) is 0 Å². The lowest BCUT2D eigenvalue weighted by molar-refractivity contribution is -0.141. The minimum absolute atomic E-state index is 0.0551. The number of carbonyl (C=O) groups is 1. The van der Waals surface area contributed by atoms with Gasteiger partial charge in [-0.2, -0.15) is 0 Å². The van der Waals surface area contributed by atoms with Gasteiger partial charge in [0.1, 0.15) is 12.4 Å². The Morgan fingerprint density at radius 3 is 2.89 bits per heavy atom. The Hall–Kier alpha value is -3.15. The van der Waals surface area contributed by atoms with E-state index in [1.807, 2.05) is 56.3 Å². The van der Waals surface area contributed by atoms with Gasteiger partial charge in [0.15, 0.2) is 17.2 Å². The van der Waals surface area contributed by atoms with Gasteiger partial charge in [0.05, 0.1) is 5.57 Å². The molecule has 3 aliphatic rings. The van der Waals surface area contributed by atoms with E-state index >= 15 is 0 Å². The molecule has 3 aliphatic heterocycles. The minimum atomic E-state index is -0.524. The van der Waals surface area contributed by atoms with E-state index in [2.05, 4.69) is 5.32 Å². The van der Waals surface area contributed by atoms with Gasteiger partial charge in [-0.15, -0.1) is 0 Å². The molecule has 0 aromatic heterocycles. The molecule has 0 unspecified atom stereocenters. The molecule has 2 aromatic rings. The Balaban J connectivity index is 1.39. The maximum atomic E-state index is 13.0. The lowest BCUT2D eigenvalue weighted by Crippen LogP contribution is -2.54. The molecule has 0 fully saturated rings. The highest BCUT2D eigenvalue weighted by Gasteiger charge is 2.45. The van der Waals surface area contributed by atoms with Crippen molar-refractivity contribution >= 4 is 5.97 Å². The molecule has 144 valence electrons. The summed E-state index contributed by atoms with van der Waals surface area (Å²) in [7, 11) is 0. The maximum absolute atomic E-state index is 13.0. The molecule has 0 amide bonds. The smallest absolute Gasteiger partial charge is 0.336 e. The Bertz CT molecular complexity index is 998. The third-order valence-corrected chi connectivity index (χ3v) is 5.45. The molecule has 0 aliphatic carbocycles. The van der Waals surface area contributed by atoms with Crippen LogP contribution in [0.2, 0.25) is 0 Å². The molecule has 28 heavy (non-hydrogen) atoms. The van der Waals surface area contributed by atoms with Gasteiger partial charge in [0.2, 0.25) is 6.79 Å². The van der Waals surface area contributed by atoms with E-state index < -0.39 is 5.72 Å². The number of esters is 1. The average Bonchev–Trinajstić information content (AvgIpc) is 3.13. The summed E-state index contributed by atoms with van der Waals surface area (Å²) < 4.78 is 22.5. The lowest BCUT2D eigenvalue weighted by atomic mass is 9.78. The summed E-state index contributed by atoms with van der Waals surface area (Å²) in [5.74, 6) is 1.83. The van der Waals surface area contributed by atoms with Crippen molar-refractivity contribution in [1.82, 2.24) is 5.32 Å². The number of ether oxygens (including phenoxy) is 4. The summed E-state index contributed by atoms with van der Waals surface area (Å²) in [4.78, 5) is 13.0. The number of para-hydroxylation sites is 1. The molecule has 5 rings (SSSR count). The first kappa shape index (κ1) is 17.0. The second kappa shape index (κ2) is 6.19. The average molecular weight is 379 g/mol. The summed E-state index contributed by atoms with van der Waals surface area (Å²) in [6.45, 7) is 4.31. The van der Waals surface area contributed by atoms with Gasteiger partial charge in [-0.05, 0) is 37.6 Å². The molecular formula is C22H21NO5. The molecule has 3 heterocycles. The van der Waals surface area contributed by atoms with E-state index in [1.54, 1.807) is 0 Å². The topological polar surface area (TPSA) is 66.0 Å². The summed E-state index contributed by atoms with van der Waals surface area (Å²) in [6, 6.07) is 13.4. The SMILES string of the molecule is CC1=C(C(=O)OCc2ccc3c(c2)OCO3)[C@H]2C[C@@](C)(N1)Oc1ccccc12. The van der Waals surface area contributed by atoms with Crippen LogP contribution in [-0.4, -0.2) is 18.5 Å². The third-order valence-electron chi connectivity index (χ3n) is 5.45. The fourth-order valence-corrected chi connectivity index (χ4v) is 4.26. The summed E-state index contributed by atoms with van der Waals surface area (Å²) in [6.07, 6.45) is 0.676. The summed E-state index contributed by atoms with van der Waals surface area (Å²) >= 11 is 0. The van der Waals surface area contributed by atoms with Crippen molar-refractivity contribution < 1.29 is 23.7 Å². The van der Waals surface area contributed by atoms with Gasteiger partial charge in [-0.25, -0.2) is 4.79 Å². The monoisotopic (exact) mass is 379 g/mol. The highest BCUT2D eigenvalue weighted by molar-refractivity contribution is 5.91. The summed E-state index contributed by atoms with van der Waals surface area (Å²) in [5, 5.41) is 3.35. The second-order valence-electron chi connectivity index (χ2n) is 7.55. The summed E-state index contributed by atoms with van der Waals surface area (Å²) in [5.41, 5.74) is 2.81. The molecule has 0 radical (unpaired) electrons. The Morgan fingerprint density at radius 2 is 2.00 bits per heavy atom. The van der Waals surface area contributed by atoms with E-state index in [4.69, 9.17) is 18.9 Å². The molecule has 2 atom stereocenters. The second-order valence-corrected chi connectivity index (χ2v) is 7.55. The highest BCUT2D eigenvalue weighted by Crippen LogP contribution is 2.47. The van der Waals surface area contributed by atoms with Crippen LogP contribution in [0.3, 0.4) is 0 Å². The minimum Gasteiger partial charge on any atom is -0.468 e. The molecule has 0 spiro atoms. The lowest BCUT2D eigenvalue weighted by Gasteiger charge is -2.45. The first-order valence-electron chi connectivity index (χ1n) is 9.35. The molecule has 0 saturated heterocycles. The fourth-order valence-electron chi connectivity index (χ4n) is 4.26. The van der Waals surface area contributed by atoms with Crippen molar-refractivity contribution in [1.29, 1.82) is 0 Å². The van der Waals surface area contributed by atoms with Crippen molar-refractivity contribution in [2.75, 3.05) is 6.79 Å². The number of allylic oxidation sites excluding steroid dienone is 1. The standard InChI is InChI=1S/C22H21NO5/c1-13-20(16-10-22(2,23-13)28-17-6-4-3-5-15(16)17)21(24)25-11-14-7-8-18-19(9-14)27-12-26-18/h3-9,16,23H,10-12H2,1-2H3/t16-,22-/m0/s1. The number of carbonyl (C=O) groups excluding carboxylic acids is 1. The number of fused-ring (bicyclic) bond motifs is 5. The van der Waals surface area contributed by atoms with E-state index in [9.17, 15) is 4.79 Å². The van der Waals surface area contributed by atoms with Crippen LogP contribution in [0.5, 0.6) is 17.2 Å². The first-order chi connectivity index (χ1) is 13.5. The molecule has 1 N–H and O–H groups in total. The van der Waals surface area contributed by atoms with Crippen molar-refractivity contribution in [2.45, 2.75) is 38.5 Å². The van der Waals surface area contributed by atoms with E-state index in [0.717, 1.165) is 22.6 Å². The van der Waals surface area contributed by atoms with E-state index in [0.29, 0.717) is 23.5 Å². The molecule has 2 bridgehead atoms. The fraction of sp³-hybridized carbons (Fsp3) is 0.318. The molecule has 6 nitrogen and oxygen atoms in total. The predicted molar refractivity (Wildman–Crippen MR) is 101 cm³/mol. The van der Waals surface area contributed by atoms with Gasteiger partial charge in [-0.1, -0.05) is 24.3 Å². The van der Waals surface area contributed by atoms with Crippen molar-refractivity contribution in [3.05, 3.63) is 64.9 Å². The Morgan fingerprint density at radius 1 is 1.18 bits per heavy atom. The van der Waals surface area contributed by atoms with Crippen LogP contribution in [-0.2, 0) is 16.1 Å². The maximum Gasteiger partial charge on any atom is 0.336 e. The predicted octanol–water partition coefficient (Wildman–Crippen LogP) is 3.62. The van der Waals surface area contributed by atoms with Gasteiger partial charge < -0.3 is 24.3 Å². The Kier molecular flexibility index (Phi) is 3.75.